The number of halogens is 1. The standard InChI is InChI=1S/C22H21ClN4O4S/c1-13-3-8-19(14(2)9-13)27-20(17-11-32(30,31)12-18(17)26-27)25-22(29)21(28)24-10-15-4-6-16(23)7-5-15/h3-9H,10-12H2,1-2H3,(H,24,28)(H,25,29). The van der Waals surface area contributed by atoms with E-state index in [2.05, 4.69) is 15.7 Å². The molecule has 1 aliphatic heterocycles. The van der Waals surface area contributed by atoms with Crippen molar-refractivity contribution < 1.29 is 18.0 Å². The van der Waals surface area contributed by atoms with Gasteiger partial charge in [0.2, 0.25) is 0 Å². The quantitative estimate of drug-likeness (QED) is 0.567. The number of hydrogen-bond acceptors (Lipinski definition) is 5. The number of aryl methyl sites for hydroxylation is 2. The number of carbonyl (C=O) groups excluding carboxylic acids is 2. The molecule has 0 saturated carbocycles. The second-order valence-corrected chi connectivity index (χ2v) is 10.3. The molecule has 32 heavy (non-hydrogen) atoms. The van der Waals surface area contributed by atoms with Gasteiger partial charge in [-0.1, -0.05) is 41.4 Å². The highest BCUT2D eigenvalue weighted by atomic mass is 35.5. The molecule has 0 saturated heterocycles. The molecule has 0 atom stereocenters. The molecule has 0 fully saturated rings. The topological polar surface area (TPSA) is 110 Å². The summed E-state index contributed by atoms with van der Waals surface area (Å²) in [6.07, 6.45) is 0. The molecule has 0 aliphatic carbocycles. The molecule has 166 valence electrons. The first-order valence-corrected chi connectivity index (χ1v) is 12.1. The van der Waals surface area contributed by atoms with Crippen LogP contribution in [0.2, 0.25) is 5.02 Å². The van der Waals surface area contributed by atoms with Crippen LogP contribution in [0.3, 0.4) is 0 Å². The molecule has 0 spiro atoms. The first-order valence-electron chi connectivity index (χ1n) is 9.85. The van der Waals surface area contributed by atoms with Crippen LogP contribution in [0.4, 0.5) is 5.82 Å². The minimum absolute atomic E-state index is 0.145. The van der Waals surface area contributed by atoms with Crippen molar-refractivity contribution in [3.8, 4) is 5.69 Å². The van der Waals surface area contributed by atoms with Crippen LogP contribution in [-0.4, -0.2) is 30.0 Å². The number of carbonyl (C=O) groups is 2. The van der Waals surface area contributed by atoms with Crippen LogP contribution >= 0.6 is 11.6 Å². The fourth-order valence-electron chi connectivity index (χ4n) is 3.62. The molecule has 1 aromatic heterocycles. The molecule has 0 radical (unpaired) electrons. The van der Waals surface area contributed by atoms with Crippen LogP contribution in [0.25, 0.3) is 5.69 Å². The van der Waals surface area contributed by atoms with Gasteiger partial charge in [-0.2, -0.15) is 5.10 Å². The Morgan fingerprint density at radius 3 is 2.47 bits per heavy atom. The number of fused-ring (bicyclic) bond motifs is 1. The zero-order chi connectivity index (χ0) is 23.0. The zero-order valence-electron chi connectivity index (χ0n) is 17.5. The van der Waals surface area contributed by atoms with Gasteiger partial charge in [-0.25, -0.2) is 13.1 Å². The predicted molar refractivity (Wildman–Crippen MR) is 121 cm³/mol. The van der Waals surface area contributed by atoms with Gasteiger partial charge < -0.3 is 10.6 Å². The van der Waals surface area contributed by atoms with E-state index in [1.165, 1.54) is 4.68 Å². The van der Waals surface area contributed by atoms with Gasteiger partial charge in [-0.05, 0) is 43.2 Å². The first-order chi connectivity index (χ1) is 15.1. The molecule has 2 aromatic carbocycles. The second-order valence-electron chi connectivity index (χ2n) is 7.77. The second kappa shape index (κ2) is 8.40. The van der Waals surface area contributed by atoms with E-state index in [1.54, 1.807) is 24.3 Å². The molecular weight excluding hydrogens is 452 g/mol. The third kappa shape index (κ3) is 4.53. The molecule has 2 amide bonds. The lowest BCUT2D eigenvalue weighted by molar-refractivity contribution is -0.136. The predicted octanol–water partition coefficient (Wildman–Crippen LogP) is 2.83. The maximum atomic E-state index is 12.6. The maximum Gasteiger partial charge on any atom is 0.314 e. The Bertz CT molecular complexity index is 1330. The average Bonchev–Trinajstić information content (AvgIpc) is 3.19. The highest BCUT2D eigenvalue weighted by Gasteiger charge is 2.34. The van der Waals surface area contributed by atoms with E-state index in [9.17, 15) is 18.0 Å². The van der Waals surface area contributed by atoms with Gasteiger partial charge in [-0.3, -0.25) is 9.59 Å². The van der Waals surface area contributed by atoms with Crippen LogP contribution in [-0.2, 0) is 37.5 Å². The molecule has 2 N–H and O–H groups in total. The number of amides is 2. The molecule has 0 unspecified atom stereocenters. The Kier molecular flexibility index (Phi) is 5.79. The monoisotopic (exact) mass is 472 g/mol. The van der Waals surface area contributed by atoms with Gasteiger partial charge in [0.25, 0.3) is 0 Å². The highest BCUT2D eigenvalue weighted by molar-refractivity contribution is 7.90. The average molecular weight is 473 g/mol. The van der Waals surface area contributed by atoms with Crippen LogP contribution in [0.5, 0.6) is 0 Å². The van der Waals surface area contributed by atoms with E-state index in [0.29, 0.717) is 22.0 Å². The van der Waals surface area contributed by atoms with Crippen LogP contribution in [0, 0.1) is 13.8 Å². The zero-order valence-corrected chi connectivity index (χ0v) is 19.0. The van der Waals surface area contributed by atoms with Gasteiger partial charge >= 0.3 is 11.8 Å². The van der Waals surface area contributed by atoms with E-state index in [0.717, 1.165) is 16.7 Å². The summed E-state index contributed by atoms with van der Waals surface area (Å²) in [7, 11) is -3.34. The van der Waals surface area contributed by atoms with Crippen molar-refractivity contribution in [2.24, 2.45) is 0 Å². The summed E-state index contributed by atoms with van der Waals surface area (Å²) in [4.78, 5) is 25.0. The molecule has 8 nitrogen and oxygen atoms in total. The van der Waals surface area contributed by atoms with Crippen LogP contribution in [0.15, 0.2) is 42.5 Å². The molecular formula is C22H21ClN4O4S. The summed E-state index contributed by atoms with van der Waals surface area (Å²) < 4.78 is 25.7. The number of nitrogens with one attached hydrogen (secondary N) is 2. The SMILES string of the molecule is Cc1ccc(-n2nc3c(c2NC(=O)C(=O)NCc2ccc(Cl)cc2)CS(=O)(=O)C3)c(C)c1. The number of aromatic nitrogens is 2. The Morgan fingerprint density at radius 2 is 1.78 bits per heavy atom. The summed E-state index contributed by atoms with van der Waals surface area (Å²) in [6.45, 7) is 4.00. The Labute approximate surface area is 190 Å². The van der Waals surface area contributed by atoms with E-state index < -0.39 is 21.7 Å². The van der Waals surface area contributed by atoms with Crippen molar-refractivity contribution >= 4 is 39.1 Å². The van der Waals surface area contributed by atoms with E-state index in [1.807, 2.05) is 32.0 Å². The van der Waals surface area contributed by atoms with Gasteiger partial charge in [0.05, 0.1) is 22.9 Å². The molecule has 2 heterocycles. The van der Waals surface area contributed by atoms with Crippen molar-refractivity contribution in [3.05, 3.63) is 75.4 Å². The number of benzene rings is 2. The summed E-state index contributed by atoms with van der Waals surface area (Å²) in [5.41, 5.74) is 4.21. The minimum Gasteiger partial charge on any atom is -0.344 e. The maximum absolute atomic E-state index is 12.6. The normalized spacial score (nSPS) is 14.1. The summed E-state index contributed by atoms with van der Waals surface area (Å²) in [5.74, 6) is -2.00. The highest BCUT2D eigenvalue weighted by Crippen LogP contribution is 2.33. The number of sulfone groups is 1. The van der Waals surface area contributed by atoms with E-state index in [-0.39, 0.29) is 23.9 Å². The van der Waals surface area contributed by atoms with Crippen LogP contribution in [0.1, 0.15) is 27.9 Å². The molecule has 3 aromatic rings. The van der Waals surface area contributed by atoms with Crippen molar-refractivity contribution in [1.29, 1.82) is 0 Å². The third-order valence-corrected chi connectivity index (χ3v) is 6.87. The van der Waals surface area contributed by atoms with Crippen LogP contribution < -0.4 is 10.6 Å². The summed E-state index contributed by atoms with van der Waals surface area (Å²) >= 11 is 5.85. The lowest BCUT2D eigenvalue weighted by Gasteiger charge is -2.13. The first kappa shape index (κ1) is 22.0. The molecule has 0 bridgehead atoms. The summed E-state index contributed by atoms with van der Waals surface area (Å²) in [5, 5.41) is 10.1. The van der Waals surface area contributed by atoms with Crippen molar-refractivity contribution in [3.63, 3.8) is 0 Å². The largest absolute Gasteiger partial charge is 0.344 e. The number of hydrogen-bond donors (Lipinski definition) is 2. The lowest BCUT2D eigenvalue weighted by atomic mass is 10.1. The van der Waals surface area contributed by atoms with Gasteiger partial charge in [-0.15, -0.1) is 0 Å². The Hall–Kier alpha value is -3.17. The summed E-state index contributed by atoms with van der Waals surface area (Å²) in [6, 6.07) is 12.6. The number of nitrogens with zero attached hydrogens (tertiary/aromatic N) is 2. The van der Waals surface area contributed by atoms with E-state index in [4.69, 9.17) is 11.6 Å². The third-order valence-electron chi connectivity index (χ3n) is 5.17. The van der Waals surface area contributed by atoms with Crippen molar-refractivity contribution in [2.75, 3.05) is 5.32 Å². The van der Waals surface area contributed by atoms with Crippen molar-refractivity contribution in [2.45, 2.75) is 31.9 Å². The number of rotatable bonds is 4. The van der Waals surface area contributed by atoms with E-state index >= 15 is 0 Å². The molecule has 1 aliphatic rings. The smallest absolute Gasteiger partial charge is 0.314 e. The van der Waals surface area contributed by atoms with Crippen molar-refractivity contribution in [1.82, 2.24) is 15.1 Å². The lowest BCUT2D eigenvalue weighted by Crippen LogP contribution is -2.35. The Morgan fingerprint density at radius 1 is 1.06 bits per heavy atom. The number of anilines is 1. The minimum atomic E-state index is -3.34. The fraction of sp³-hybridized carbons (Fsp3) is 0.227. The van der Waals surface area contributed by atoms with Gasteiger partial charge in [0, 0.05) is 17.1 Å². The Balaban J connectivity index is 1.60. The van der Waals surface area contributed by atoms with Gasteiger partial charge in [0.1, 0.15) is 5.82 Å². The fourth-order valence-corrected chi connectivity index (χ4v) is 5.24. The van der Waals surface area contributed by atoms with Gasteiger partial charge in [0.15, 0.2) is 9.84 Å². The molecule has 4 rings (SSSR count). The molecule has 10 heteroatoms.